The molecule has 3 aromatic rings. The standard InChI is InChI=1S/C29H33N3O3/c1-21-8-10-24(11-9-21)29(12-15-34-16-13-29)28(33)32-14-4-6-23(20-32)26-18-30-19-27(31-26)35-25-7-3-5-22(2)17-25/h3,5,7-11,17-19,23H,4,6,12-16,20H2,1-2H3. The van der Waals surface area contributed by atoms with Crippen molar-refractivity contribution < 1.29 is 14.3 Å². The van der Waals surface area contributed by atoms with Crippen molar-refractivity contribution in [2.24, 2.45) is 0 Å². The van der Waals surface area contributed by atoms with Gasteiger partial charge in [0.05, 0.1) is 17.3 Å². The highest BCUT2D eigenvalue weighted by atomic mass is 16.5. The average molecular weight is 472 g/mol. The number of amides is 1. The number of benzene rings is 2. The van der Waals surface area contributed by atoms with Gasteiger partial charge in [0.2, 0.25) is 11.8 Å². The molecule has 5 rings (SSSR count). The number of carbonyl (C=O) groups is 1. The number of carbonyl (C=O) groups excluding carboxylic acids is 1. The van der Waals surface area contributed by atoms with Crippen LogP contribution in [0.25, 0.3) is 0 Å². The summed E-state index contributed by atoms with van der Waals surface area (Å²) in [4.78, 5) is 25.3. The van der Waals surface area contributed by atoms with Crippen LogP contribution in [0.1, 0.15) is 54.0 Å². The van der Waals surface area contributed by atoms with E-state index in [1.165, 1.54) is 5.56 Å². The Labute approximate surface area is 207 Å². The molecule has 2 fully saturated rings. The molecule has 182 valence electrons. The first-order chi connectivity index (χ1) is 17.0. The molecular formula is C29H33N3O3. The van der Waals surface area contributed by atoms with Crippen LogP contribution in [0.3, 0.4) is 0 Å². The molecule has 2 aromatic carbocycles. The van der Waals surface area contributed by atoms with E-state index in [1.54, 1.807) is 6.20 Å². The van der Waals surface area contributed by atoms with Crippen LogP contribution in [0.5, 0.6) is 11.6 Å². The summed E-state index contributed by atoms with van der Waals surface area (Å²) in [7, 11) is 0. The second kappa shape index (κ2) is 10.2. The van der Waals surface area contributed by atoms with Gasteiger partial charge < -0.3 is 14.4 Å². The second-order valence-electron chi connectivity index (χ2n) is 9.85. The van der Waals surface area contributed by atoms with Gasteiger partial charge in [0, 0.05) is 38.4 Å². The van der Waals surface area contributed by atoms with E-state index in [4.69, 9.17) is 14.5 Å². The Balaban J connectivity index is 1.35. The van der Waals surface area contributed by atoms with Crippen molar-refractivity contribution in [1.29, 1.82) is 0 Å². The van der Waals surface area contributed by atoms with Crippen LogP contribution < -0.4 is 4.74 Å². The third-order valence-electron chi connectivity index (χ3n) is 7.33. The van der Waals surface area contributed by atoms with Gasteiger partial charge in [-0.05, 0) is 62.8 Å². The SMILES string of the molecule is Cc1ccc(C2(C(=O)N3CCCC(c4cncc(Oc5cccc(C)c5)n4)C3)CCOCC2)cc1. The van der Waals surface area contributed by atoms with Gasteiger partial charge in [-0.1, -0.05) is 42.0 Å². The van der Waals surface area contributed by atoms with E-state index in [9.17, 15) is 4.79 Å². The number of rotatable bonds is 5. The van der Waals surface area contributed by atoms with E-state index in [0.717, 1.165) is 54.8 Å². The van der Waals surface area contributed by atoms with E-state index in [-0.39, 0.29) is 11.8 Å². The minimum atomic E-state index is -0.518. The highest BCUT2D eigenvalue weighted by Gasteiger charge is 2.45. The zero-order valence-electron chi connectivity index (χ0n) is 20.6. The van der Waals surface area contributed by atoms with Crippen molar-refractivity contribution in [3.05, 3.63) is 83.3 Å². The smallest absolute Gasteiger partial charge is 0.238 e. The minimum absolute atomic E-state index is 0.135. The number of ether oxygens (including phenoxy) is 2. The van der Waals surface area contributed by atoms with Gasteiger partial charge in [0.25, 0.3) is 0 Å². The number of hydrogen-bond donors (Lipinski definition) is 0. The van der Waals surface area contributed by atoms with Gasteiger partial charge in [-0.15, -0.1) is 0 Å². The molecule has 1 unspecified atom stereocenters. The summed E-state index contributed by atoms with van der Waals surface area (Å²) in [5.74, 6) is 1.58. The third kappa shape index (κ3) is 5.08. The highest BCUT2D eigenvalue weighted by Crippen LogP contribution is 2.39. The number of piperidine rings is 1. The van der Waals surface area contributed by atoms with Crippen molar-refractivity contribution in [3.8, 4) is 11.6 Å². The Morgan fingerprint density at radius 1 is 1.06 bits per heavy atom. The molecule has 35 heavy (non-hydrogen) atoms. The fourth-order valence-electron chi connectivity index (χ4n) is 5.33. The summed E-state index contributed by atoms with van der Waals surface area (Å²) in [6, 6.07) is 16.4. The summed E-state index contributed by atoms with van der Waals surface area (Å²) in [6.45, 7) is 6.76. The normalized spacial score (nSPS) is 19.8. The van der Waals surface area contributed by atoms with Crippen LogP contribution in [0.2, 0.25) is 0 Å². The van der Waals surface area contributed by atoms with E-state index in [2.05, 4.69) is 41.1 Å². The van der Waals surface area contributed by atoms with E-state index in [0.29, 0.717) is 25.6 Å². The highest BCUT2D eigenvalue weighted by molar-refractivity contribution is 5.88. The van der Waals surface area contributed by atoms with E-state index >= 15 is 0 Å². The van der Waals surface area contributed by atoms with Gasteiger partial charge in [0.15, 0.2) is 0 Å². The topological polar surface area (TPSA) is 64.6 Å². The van der Waals surface area contributed by atoms with Crippen molar-refractivity contribution in [3.63, 3.8) is 0 Å². The minimum Gasteiger partial charge on any atom is -0.437 e. The number of aryl methyl sites for hydroxylation is 2. The Bertz CT molecular complexity index is 1170. The Morgan fingerprint density at radius 3 is 2.63 bits per heavy atom. The molecule has 0 bridgehead atoms. The summed E-state index contributed by atoms with van der Waals surface area (Å²) < 4.78 is 11.6. The zero-order chi connectivity index (χ0) is 24.3. The predicted octanol–water partition coefficient (Wildman–Crippen LogP) is 5.34. The van der Waals surface area contributed by atoms with Crippen LogP contribution in [-0.4, -0.2) is 47.1 Å². The van der Waals surface area contributed by atoms with E-state index in [1.807, 2.05) is 37.4 Å². The van der Waals surface area contributed by atoms with Crippen molar-refractivity contribution in [1.82, 2.24) is 14.9 Å². The Hall–Kier alpha value is -3.25. The third-order valence-corrected chi connectivity index (χ3v) is 7.33. The molecule has 0 spiro atoms. The maximum atomic E-state index is 14.1. The molecule has 6 nitrogen and oxygen atoms in total. The molecule has 2 aliphatic rings. The Morgan fingerprint density at radius 2 is 1.86 bits per heavy atom. The summed E-state index contributed by atoms with van der Waals surface area (Å²) in [6.07, 6.45) is 6.82. The van der Waals surface area contributed by atoms with Gasteiger partial charge in [0.1, 0.15) is 5.75 Å². The molecule has 1 atom stereocenters. The quantitative estimate of drug-likeness (QED) is 0.503. The van der Waals surface area contributed by atoms with Crippen LogP contribution >= 0.6 is 0 Å². The molecule has 2 aliphatic heterocycles. The lowest BCUT2D eigenvalue weighted by Gasteiger charge is -2.42. The summed E-state index contributed by atoms with van der Waals surface area (Å²) in [5.41, 5.74) is 3.79. The van der Waals surface area contributed by atoms with Gasteiger partial charge in [-0.3, -0.25) is 9.78 Å². The average Bonchev–Trinajstić information content (AvgIpc) is 2.89. The first-order valence-electron chi connectivity index (χ1n) is 12.5. The molecular weight excluding hydrogens is 438 g/mol. The lowest BCUT2D eigenvalue weighted by Crippen LogP contribution is -2.52. The predicted molar refractivity (Wildman–Crippen MR) is 135 cm³/mol. The molecule has 1 amide bonds. The van der Waals surface area contributed by atoms with Gasteiger partial charge in [-0.25, -0.2) is 4.98 Å². The fourth-order valence-corrected chi connectivity index (χ4v) is 5.33. The number of nitrogens with zero attached hydrogens (tertiary/aromatic N) is 3. The monoisotopic (exact) mass is 471 g/mol. The molecule has 1 aromatic heterocycles. The fraction of sp³-hybridized carbons (Fsp3) is 0.414. The van der Waals surface area contributed by atoms with Crippen LogP contribution in [-0.2, 0) is 14.9 Å². The number of hydrogen-bond acceptors (Lipinski definition) is 5. The van der Waals surface area contributed by atoms with Crippen LogP contribution in [0.15, 0.2) is 60.9 Å². The lowest BCUT2D eigenvalue weighted by atomic mass is 9.72. The summed E-state index contributed by atoms with van der Waals surface area (Å²) in [5, 5.41) is 0. The van der Waals surface area contributed by atoms with Gasteiger partial charge in [-0.2, -0.15) is 0 Å². The Kier molecular flexibility index (Phi) is 6.82. The molecule has 0 N–H and O–H groups in total. The van der Waals surface area contributed by atoms with Crippen LogP contribution in [0.4, 0.5) is 0 Å². The van der Waals surface area contributed by atoms with E-state index < -0.39 is 5.41 Å². The second-order valence-corrected chi connectivity index (χ2v) is 9.85. The van der Waals surface area contributed by atoms with Crippen LogP contribution in [0, 0.1) is 13.8 Å². The molecule has 0 saturated carbocycles. The number of likely N-dealkylation sites (tertiary alicyclic amines) is 1. The molecule has 6 heteroatoms. The maximum Gasteiger partial charge on any atom is 0.238 e. The molecule has 0 aliphatic carbocycles. The van der Waals surface area contributed by atoms with Gasteiger partial charge >= 0.3 is 0 Å². The largest absolute Gasteiger partial charge is 0.437 e. The maximum absolute atomic E-state index is 14.1. The molecule has 2 saturated heterocycles. The first kappa shape index (κ1) is 23.5. The molecule has 3 heterocycles. The number of aromatic nitrogens is 2. The zero-order valence-corrected chi connectivity index (χ0v) is 20.6. The lowest BCUT2D eigenvalue weighted by molar-refractivity contribution is -0.142. The molecule has 0 radical (unpaired) electrons. The van der Waals surface area contributed by atoms with Crippen molar-refractivity contribution >= 4 is 5.91 Å². The first-order valence-corrected chi connectivity index (χ1v) is 12.5. The summed E-state index contributed by atoms with van der Waals surface area (Å²) >= 11 is 0. The van der Waals surface area contributed by atoms with Crippen molar-refractivity contribution in [2.45, 2.75) is 50.9 Å². The van der Waals surface area contributed by atoms with Crippen molar-refractivity contribution in [2.75, 3.05) is 26.3 Å².